The molecule has 0 saturated heterocycles. The summed E-state index contributed by atoms with van der Waals surface area (Å²) < 4.78 is 5.98. The molecule has 0 aromatic heterocycles. The number of esters is 1. The molecule has 0 unspecified atom stereocenters. The average molecular weight is 447 g/mol. The number of aliphatic hydroxyl groups is 2. The van der Waals surface area contributed by atoms with Gasteiger partial charge in [-0.3, -0.25) is 9.59 Å². The number of carbonyl (C=O) groups is 2. The van der Waals surface area contributed by atoms with Gasteiger partial charge in [-0.1, -0.05) is 40.2 Å². The summed E-state index contributed by atoms with van der Waals surface area (Å²) in [5, 5.41) is 21.9. The highest BCUT2D eigenvalue weighted by molar-refractivity contribution is 5.94. The lowest BCUT2D eigenvalue weighted by Crippen LogP contribution is -2.67. The molecule has 0 aromatic carbocycles. The fourth-order valence-electron chi connectivity index (χ4n) is 9.21. The number of carbonyl (C=O) groups excluding carboxylic acids is 2. The van der Waals surface area contributed by atoms with E-state index < -0.39 is 11.5 Å². The third-order valence-electron chi connectivity index (χ3n) is 10.5. The molecular weight excluding hydrogens is 404 g/mol. The molecule has 4 aliphatic rings. The molecule has 5 heteroatoms. The zero-order chi connectivity index (χ0) is 23.7. The minimum atomic E-state index is -0.787. The Morgan fingerprint density at radius 3 is 2.31 bits per heavy atom. The van der Waals surface area contributed by atoms with Crippen LogP contribution in [0.2, 0.25) is 0 Å². The number of hydrogen-bond donors (Lipinski definition) is 2. The van der Waals surface area contributed by atoms with E-state index in [4.69, 9.17) is 4.74 Å². The van der Waals surface area contributed by atoms with E-state index in [1.807, 2.05) is 6.08 Å². The van der Waals surface area contributed by atoms with Crippen LogP contribution < -0.4 is 0 Å². The number of rotatable bonds is 3. The van der Waals surface area contributed by atoms with Crippen molar-refractivity contribution in [3.05, 3.63) is 11.6 Å². The van der Waals surface area contributed by atoms with Crippen LogP contribution in [0.3, 0.4) is 0 Å². The fraction of sp³-hybridized carbons (Fsp3) is 0.852. The van der Waals surface area contributed by atoms with Crippen molar-refractivity contribution in [2.45, 2.75) is 98.7 Å². The largest absolute Gasteiger partial charge is 0.462 e. The van der Waals surface area contributed by atoms with Crippen molar-refractivity contribution >= 4 is 11.8 Å². The molecule has 8 atom stereocenters. The smallest absolute Gasteiger partial charge is 0.302 e. The van der Waals surface area contributed by atoms with Crippen molar-refractivity contribution in [3.8, 4) is 0 Å². The Balaban J connectivity index is 1.86. The van der Waals surface area contributed by atoms with Gasteiger partial charge in [0.1, 0.15) is 6.10 Å². The van der Waals surface area contributed by atoms with Crippen molar-refractivity contribution in [3.63, 3.8) is 0 Å². The highest BCUT2D eigenvalue weighted by Crippen LogP contribution is 2.72. The van der Waals surface area contributed by atoms with E-state index in [2.05, 4.69) is 27.7 Å². The van der Waals surface area contributed by atoms with Crippen LogP contribution in [-0.2, 0) is 14.3 Å². The zero-order valence-electron chi connectivity index (χ0n) is 20.7. The third-order valence-corrected chi connectivity index (χ3v) is 10.5. The molecule has 2 N–H and O–H groups in total. The maximum absolute atomic E-state index is 12.3. The molecular formula is C27H42O5. The highest BCUT2D eigenvalue weighted by atomic mass is 16.5. The molecule has 0 aliphatic heterocycles. The van der Waals surface area contributed by atoms with Gasteiger partial charge in [0, 0.05) is 29.9 Å². The van der Waals surface area contributed by atoms with Crippen molar-refractivity contribution in [1.82, 2.24) is 0 Å². The molecule has 0 heterocycles. The monoisotopic (exact) mass is 446 g/mol. The summed E-state index contributed by atoms with van der Waals surface area (Å²) in [6, 6.07) is 0. The normalized spacial score (nSPS) is 47.4. The molecule has 3 fully saturated rings. The van der Waals surface area contributed by atoms with Crippen LogP contribution in [0.15, 0.2) is 11.6 Å². The number of Topliss-reactive ketones (excluding diaryl/α,β-unsaturated/α-hetero) is 1. The zero-order valence-corrected chi connectivity index (χ0v) is 20.7. The van der Waals surface area contributed by atoms with E-state index in [1.54, 1.807) is 0 Å². The lowest BCUT2D eigenvalue weighted by atomic mass is 9.35. The van der Waals surface area contributed by atoms with Gasteiger partial charge in [0.2, 0.25) is 0 Å². The molecule has 3 saturated carbocycles. The van der Waals surface area contributed by atoms with Gasteiger partial charge in [-0.05, 0) is 74.0 Å². The van der Waals surface area contributed by atoms with Crippen LogP contribution >= 0.6 is 0 Å². The van der Waals surface area contributed by atoms with Crippen LogP contribution in [-0.4, -0.2) is 40.8 Å². The molecule has 0 aromatic rings. The van der Waals surface area contributed by atoms with Crippen LogP contribution in [0.4, 0.5) is 0 Å². The number of ether oxygens (including phenoxy) is 1. The van der Waals surface area contributed by atoms with E-state index in [9.17, 15) is 19.8 Å². The fourth-order valence-corrected chi connectivity index (χ4v) is 9.21. The van der Waals surface area contributed by atoms with Crippen LogP contribution in [0.25, 0.3) is 0 Å². The number of fused-ring (bicyclic) bond motifs is 5. The molecule has 5 nitrogen and oxygen atoms in total. The highest BCUT2D eigenvalue weighted by Gasteiger charge is 2.68. The van der Waals surface area contributed by atoms with Crippen LogP contribution in [0, 0.1) is 39.4 Å². The van der Waals surface area contributed by atoms with Crippen molar-refractivity contribution in [2.75, 3.05) is 6.61 Å². The van der Waals surface area contributed by atoms with Gasteiger partial charge in [0.25, 0.3) is 0 Å². The molecule has 4 rings (SSSR count). The summed E-state index contributed by atoms with van der Waals surface area (Å²) in [5.41, 5.74) is -0.173. The second-order valence-corrected chi connectivity index (χ2v) is 12.5. The summed E-state index contributed by atoms with van der Waals surface area (Å²) in [6.45, 7) is 12.3. The number of ketones is 1. The van der Waals surface area contributed by atoms with Gasteiger partial charge in [0.05, 0.1) is 6.10 Å². The Morgan fingerprint density at radius 2 is 1.72 bits per heavy atom. The van der Waals surface area contributed by atoms with Crippen LogP contribution in [0.5, 0.6) is 0 Å². The van der Waals surface area contributed by atoms with Gasteiger partial charge in [-0.25, -0.2) is 0 Å². The Labute approximate surface area is 193 Å². The molecule has 32 heavy (non-hydrogen) atoms. The predicted octanol–water partition coefficient (Wildman–Crippen LogP) is 4.45. The Hall–Kier alpha value is -1.20. The summed E-state index contributed by atoms with van der Waals surface area (Å²) in [5.74, 6) is 0.296. The number of hydrogen-bond acceptors (Lipinski definition) is 5. The summed E-state index contributed by atoms with van der Waals surface area (Å²) in [4.78, 5) is 24.5. The Bertz CT molecular complexity index is 830. The van der Waals surface area contributed by atoms with Crippen molar-refractivity contribution in [1.29, 1.82) is 0 Å². The predicted molar refractivity (Wildman–Crippen MR) is 123 cm³/mol. The molecule has 0 spiro atoms. The first-order valence-electron chi connectivity index (χ1n) is 12.5. The van der Waals surface area contributed by atoms with E-state index in [1.165, 1.54) is 20.3 Å². The van der Waals surface area contributed by atoms with E-state index in [-0.39, 0.29) is 52.5 Å². The molecule has 4 aliphatic carbocycles. The summed E-state index contributed by atoms with van der Waals surface area (Å²) >= 11 is 0. The first-order chi connectivity index (χ1) is 14.8. The van der Waals surface area contributed by atoms with Gasteiger partial charge in [0.15, 0.2) is 5.78 Å². The van der Waals surface area contributed by atoms with Gasteiger partial charge < -0.3 is 14.9 Å². The Morgan fingerprint density at radius 1 is 1.03 bits per heavy atom. The lowest BCUT2D eigenvalue weighted by Gasteiger charge is -2.70. The quantitative estimate of drug-likeness (QED) is 0.626. The topological polar surface area (TPSA) is 83.8 Å². The van der Waals surface area contributed by atoms with Gasteiger partial charge in [-0.15, -0.1) is 0 Å². The van der Waals surface area contributed by atoms with Gasteiger partial charge >= 0.3 is 5.97 Å². The van der Waals surface area contributed by atoms with Crippen LogP contribution in [0.1, 0.15) is 86.5 Å². The van der Waals surface area contributed by atoms with Crippen molar-refractivity contribution < 1.29 is 24.5 Å². The SMILES string of the molecule is CC(=O)O[C@H]1C[C@H]2[C@@](C)(CC[C@H]3C(C)(C)CCC[C@@]32CO)[C@@H]2C[C@@H](O)C(C(C)=O)=C[C@@]12C. The first-order valence-corrected chi connectivity index (χ1v) is 12.5. The van der Waals surface area contributed by atoms with E-state index in [0.29, 0.717) is 24.3 Å². The summed E-state index contributed by atoms with van der Waals surface area (Å²) in [7, 11) is 0. The molecule has 0 bridgehead atoms. The maximum atomic E-state index is 12.3. The number of aliphatic hydroxyl groups excluding tert-OH is 2. The summed E-state index contributed by atoms with van der Waals surface area (Å²) in [6.07, 6.45) is 7.39. The molecule has 0 radical (unpaired) electrons. The molecule has 180 valence electrons. The lowest BCUT2D eigenvalue weighted by molar-refractivity contribution is -0.239. The van der Waals surface area contributed by atoms with E-state index in [0.717, 1.165) is 25.7 Å². The Kier molecular flexibility index (Phi) is 5.73. The van der Waals surface area contributed by atoms with Gasteiger partial charge in [-0.2, -0.15) is 0 Å². The second kappa shape index (κ2) is 7.66. The minimum absolute atomic E-state index is 0.0746. The van der Waals surface area contributed by atoms with Crippen molar-refractivity contribution in [2.24, 2.45) is 39.4 Å². The minimum Gasteiger partial charge on any atom is -0.462 e. The molecule has 0 amide bonds. The third kappa shape index (κ3) is 3.25. The standard InChI is InChI=1S/C27H42O5/c1-16(29)18-14-26(6)21(12-19(18)31)25(5)11-8-20-24(3,4)9-7-10-27(20,15-28)22(25)13-23(26)32-17(2)30/h14,19-23,28,31H,7-13,15H2,1-6H3/t19-,20+,21+,22+,23+,25+,26-,27-/m1/s1. The average Bonchev–Trinajstić information content (AvgIpc) is 2.69. The maximum Gasteiger partial charge on any atom is 0.302 e. The first kappa shape index (κ1) is 23.9. The second-order valence-electron chi connectivity index (χ2n) is 12.5. The van der Waals surface area contributed by atoms with E-state index >= 15 is 0 Å².